The van der Waals surface area contributed by atoms with Crippen molar-refractivity contribution in [3.63, 3.8) is 0 Å². The van der Waals surface area contributed by atoms with Crippen molar-refractivity contribution in [2.45, 2.75) is 12.7 Å². The molecule has 0 atom stereocenters. The molecule has 4 nitrogen and oxygen atoms in total. The van der Waals surface area contributed by atoms with Crippen LogP contribution in [0.3, 0.4) is 0 Å². The fourth-order valence-electron chi connectivity index (χ4n) is 1.48. The lowest BCUT2D eigenvalue weighted by atomic mass is 10.2. The number of fused-ring (bicyclic) bond motifs is 1. The first-order valence-corrected chi connectivity index (χ1v) is 4.69. The number of halogens is 3. The van der Waals surface area contributed by atoms with E-state index in [1.54, 1.807) is 6.07 Å². The number of rotatable bonds is 1. The number of nitrogens with two attached hydrogens (primary N) is 1. The van der Waals surface area contributed by atoms with Crippen molar-refractivity contribution in [2.75, 3.05) is 5.73 Å². The summed E-state index contributed by atoms with van der Waals surface area (Å²) >= 11 is 0. The summed E-state index contributed by atoms with van der Waals surface area (Å²) in [4.78, 5) is 11.7. The number of nitrogens with zero attached hydrogens (tertiary/aromatic N) is 2. The summed E-state index contributed by atoms with van der Waals surface area (Å²) in [6.07, 6.45) is -3.27. The van der Waals surface area contributed by atoms with Gasteiger partial charge in [-0.3, -0.25) is 4.79 Å². The predicted octanol–water partition coefficient (Wildman–Crippen LogP) is 1.54. The first kappa shape index (κ1) is 11.4. The zero-order valence-corrected chi connectivity index (χ0v) is 8.53. The van der Waals surface area contributed by atoms with E-state index in [2.05, 4.69) is 5.10 Å². The van der Waals surface area contributed by atoms with Gasteiger partial charge in [0.05, 0.1) is 11.6 Å². The molecule has 0 unspecified atom stereocenters. The number of benzene rings is 1. The molecular formula is C10H8F3N3O. The third kappa shape index (κ3) is 2.38. The molecule has 0 aliphatic carbocycles. The molecule has 0 saturated heterocycles. The molecular weight excluding hydrogens is 235 g/mol. The van der Waals surface area contributed by atoms with Crippen LogP contribution in [-0.2, 0) is 6.54 Å². The molecule has 1 heterocycles. The van der Waals surface area contributed by atoms with E-state index in [-0.39, 0.29) is 5.39 Å². The Kier molecular flexibility index (Phi) is 2.53. The highest BCUT2D eigenvalue weighted by atomic mass is 19.4. The van der Waals surface area contributed by atoms with Gasteiger partial charge in [-0.05, 0) is 12.1 Å². The lowest BCUT2D eigenvalue weighted by molar-refractivity contribution is -0.143. The second kappa shape index (κ2) is 3.76. The lowest BCUT2D eigenvalue weighted by Crippen LogP contribution is -2.30. The summed E-state index contributed by atoms with van der Waals surface area (Å²) in [6.45, 7) is -1.41. The predicted molar refractivity (Wildman–Crippen MR) is 56.5 cm³/mol. The Morgan fingerprint density at radius 2 is 2.06 bits per heavy atom. The normalized spacial score (nSPS) is 11.9. The largest absolute Gasteiger partial charge is 0.408 e. The average Bonchev–Trinajstić information content (AvgIpc) is 2.21. The van der Waals surface area contributed by atoms with Gasteiger partial charge >= 0.3 is 6.18 Å². The van der Waals surface area contributed by atoms with Gasteiger partial charge in [-0.1, -0.05) is 6.07 Å². The van der Waals surface area contributed by atoms with E-state index in [0.29, 0.717) is 15.8 Å². The van der Waals surface area contributed by atoms with Gasteiger partial charge in [0.25, 0.3) is 5.56 Å². The van der Waals surface area contributed by atoms with Crippen molar-refractivity contribution in [1.29, 1.82) is 0 Å². The van der Waals surface area contributed by atoms with Crippen LogP contribution in [0.15, 0.2) is 29.2 Å². The minimum atomic E-state index is -4.48. The van der Waals surface area contributed by atoms with Crippen molar-refractivity contribution in [3.8, 4) is 0 Å². The molecule has 1 aromatic carbocycles. The van der Waals surface area contributed by atoms with E-state index in [4.69, 9.17) is 5.73 Å². The van der Waals surface area contributed by atoms with E-state index >= 15 is 0 Å². The maximum Gasteiger partial charge on any atom is 0.408 e. The highest BCUT2D eigenvalue weighted by Crippen LogP contribution is 2.17. The zero-order valence-electron chi connectivity index (χ0n) is 8.53. The van der Waals surface area contributed by atoms with Crippen LogP contribution in [0.1, 0.15) is 0 Å². The van der Waals surface area contributed by atoms with Crippen LogP contribution in [0.2, 0.25) is 0 Å². The van der Waals surface area contributed by atoms with Crippen molar-refractivity contribution in [2.24, 2.45) is 0 Å². The van der Waals surface area contributed by atoms with E-state index in [0.717, 1.165) is 0 Å². The second-order valence-corrected chi connectivity index (χ2v) is 3.57. The minimum absolute atomic E-state index is 0.129. The summed E-state index contributed by atoms with van der Waals surface area (Å²) in [5.74, 6) is 0. The fourth-order valence-corrected chi connectivity index (χ4v) is 1.48. The number of anilines is 1. The van der Waals surface area contributed by atoms with Crippen molar-refractivity contribution in [1.82, 2.24) is 9.78 Å². The molecule has 0 aliphatic rings. The Balaban J connectivity index is 2.61. The van der Waals surface area contributed by atoms with E-state index in [9.17, 15) is 18.0 Å². The van der Waals surface area contributed by atoms with Crippen LogP contribution in [0.25, 0.3) is 10.8 Å². The Hall–Kier alpha value is -2.05. The maximum atomic E-state index is 12.2. The molecule has 0 spiro atoms. The van der Waals surface area contributed by atoms with Crippen LogP contribution in [0.4, 0.5) is 18.9 Å². The maximum absolute atomic E-state index is 12.2. The summed E-state index contributed by atoms with van der Waals surface area (Å²) in [5.41, 5.74) is 5.00. The Morgan fingerprint density at radius 1 is 1.35 bits per heavy atom. The first-order chi connectivity index (χ1) is 7.87. The Bertz CT molecular complexity index is 618. The molecule has 0 fully saturated rings. The van der Waals surface area contributed by atoms with Gasteiger partial charge in [0, 0.05) is 11.1 Å². The quantitative estimate of drug-likeness (QED) is 0.773. The monoisotopic (exact) mass is 243 g/mol. The molecule has 0 bridgehead atoms. The molecule has 1 aromatic heterocycles. The first-order valence-electron chi connectivity index (χ1n) is 4.69. The van der Waals surface area contributed by atoms with Gasteiger partial charge in [-0.25, -0.2) is 4.68 Å². The molecule has 2 aromatic rings. The fraction of sp³-hybridized carbons (Fsp3) is 0.200. The Labute approximate surface area is 93.5 Å². The highest BCUT2D eigenvalue weighted by molar-refractivity contribution is 5.83. The minimum Gasteiger partial charge on any atom is -0.399 e. The third-order valence-electron chi connectivity index (χ3n) is 2.21. The molecule has 17 heavy (non-hydrogen) atoms. The summed E-state index contributed by atoms with van der Waals surface area (Å²) < 4.78 is 36.9. The van der Waals surface area contributed by atoms with Crippen molar-refractivity contribution >= 4 is 16.5 Å². The summed E-state index contributed by atoms with van der Waals surface area (Å²) in [6, 6.07) is 4.43. The third-order valence-corrected chi connectivity index (χ3v) is 2.21. The van der Waals surface area contributed by atoms with Gasteiger partial charge in [-0.2, -0.15) is 18.3 Å². The average molecular weight is 243 g/mol. The molecule has 90 valence electrons. The van der Waals surface area contributed by atoms with Gasteiger partial charge < -0.3 is 5.73 Å². The second-order valence-electron chi connectivity index (χ2n) is 3.57. The number of nitrogen functional groups attached to an aromatic ring is 1. The topological polar surface area (TPSA) is 60.9 Å². The van der Waals surface area contributed by atoms with Crippen LogP contribution in [-0.4, -0.2) is 16.0 Å². The molecule has 2 rings (SSSR count). The zero-order chi connectivity index (χ0) is 12.6. The number of alkyl halides is 3. The van der Waals surface area contributed by atoms with E-state index in [1.807, 2.05) is 0 Å². The molecule has 0 radical (unpaired) electrons. The molecule has 0 saturated carbocycles. The lowest BCUT2D eigenvalue weighted by Gasteiger charge is -2.08. The highest BCUT2D eigenvalue weighted by Gasteiger charge is 2.29. The molecule has 7 heteroatoms. The molecule has 0 amide bonds. The summed E-state index contributed by atoms with van der Waals surface area (Å²) in [7, 11) is 0. The van der Waals surface area contributed by atoms with Gasteiger partial charge in [0.1, 0.15) is 6.54 Å². The number of hydrogen-bond acceptors (Lipinski definition) is 3. The molecule has 0 aliphatic heterocycles. The van der Waals surface area contributed by atoms with E-state index in [1.165, 1.54) is 18.3 Å². The van der Waals surface area contributed by atoms with E-state index < -0.39 is 18.3 Å². The smallest absolute Gasteiger partial charge is 0.399 e. The SMILES string of the molecule is Nc1ccc2cnn(CC(F)(F)F)c(=O)c2c1. The van der Waals surface area contributed by atoms with Crippen LogP contribution in [0.5, 0.6) is 0 Å². The van der Waals surface area contributed by atoms with Crippen LogP contribution in [0, 0.1) is 0 Å². The number of hydrogen-bond donors (Lipinski definition) is 1. The van der Waals surface area contributed by atoms with Crippen molar-refractivity contribution in [3.05, 3.63) is 34.7 Å². The molecule has 2 N–H and O–H groups in total. The van der Waals surface area contributed by atoms with Crippen LogP contribution < -0.4 is 11.3 Å². The van der Waals surface area contributed by atoms with Gasteiger partial charge in [0.2, 0.25) is 0 Å². The summed E-state index contributed by atoms with van der Waals surface area (Å²) in [5, 5.41) is 4.05. The van der Waals surface area contributed by atoms with Crippen LogP contribution >= 0.6 is 0 Å². The standard InChI is InChI=1S/C10H8F3N3O/c11-10(12,13)5-16-9(17)8-3-7(14)2-1-6(8)4-15-16/h1-4H,5,14H2. The van der Waals surface area contributed by atoms with Gasteiger partial charge in [0.15, 0.2) is 0 Å². The Morgan fingerprint density at radius 3 is 2.71 bits per heavy atom. The van der Waals surface area contributed by atoms with Crippen molar-refractivity contribution < 1.29 is 13.2 Å². The van der Waals surface area contributed by atoms with Gasteiger partial charge in [-0.15, -0.1) is 0 Å². The number of aromatic nitrogens is 2.